The Hall–Kier alpha value is -0.590. The van der Waals surface area contributed by atoms with E-state index in [0.717, 1.165) is 12.8 Å². The van der Waals surface area contributed by atoms with Crippen LogP contribution in [0.4, 0.5) is 0 Å². The summed E-state index contributed by atoms with van der Waals surface area (Å²) >= 11 is 0. The molecule has 1 heteroatoms. The zero-order valence-corrected chi connectivity index (χ0v) is 7.68. The van der Waals surface area contributed by atoms with E-state index in [4.69, 9.17) is 0 Å². The molecule has 66 valence electrons. The Bertz CT molecular complexity index is 227. The van der Waals surface area contributed by atoms with Crippen LogP contribution in [-0.2, 0) is 4.79 Å². The van der Waals surface area contributed by atoms with Gasteiger partial charge in [-0.05, 0) is 25.2 Å². The highest BCUT2D eigenvalue weighted by Crippen LogP contribution is 2.45. The molecule has 0 N–H and O–H groups in total. The van der Waals surface area contributed by atoms with Gasteiger partial charge < -0.3 is 0 Å². The number of carbonyl (C=O) groups is 1. The first-order valence-corrected chi connectivity index (χ1v) is 5.06. The highest BCUT2D eigenvalue weighted by atomic mass is 16.1. The second-order valence-electron chi connectivity index (χ2n) is 3.99. The molecule has 0 amide bonds. The summed E-state index contributed by atoms with van der Waals surface area (Å²) in [5.41, 5.74) is 1.45. The smallest absolute Gasteiger partial charge is 0.140 e. The van der Waals surface area contributed by atoms with Gasteiger partial charge in [-0.2, -0.15) is 0 Å². The monoisotopic (exact) mass is 164 g/mol. The predicted octanol–water partition coefficient (Wildman–Crippen LogP) is 2.71. The van der Waals surface area contributed by atoms with Crippen LogP contribution in [0.25, 0.3) is 0 Å². The third-order valence-corrected chi connectivity index (χ3v) is 3.15. The largest absolute Gasteiger partial charge is 0.299 e. The first-order chi connectivity index (χ1) is 5.83. The van der Waals surface area contributed by atoms with Crippen molar-refractivity contribution in [2.75, 3.05) is 0 Å². The average Bonchev–Trinajstić information content (AvgIpc) is 2.27. The van der Waals surface area contributed by atoms with Crippen LogP contribution in [-0.4, -0.2) is 5.78 Å². The molecule has 0 bridgehead atoms. The van der Waals surface area contributed by atoms with Crippen molar-refractivity contribution >= 4 is 5.78 Å². The maximum absolute atomic E-state index is 11.4. The molecule has 0 unspecified atom stereocenters. The highest BCUT2D eigenvalue weighted by molar-refractivity contribution is 5.88. The molecule has 0 spiro atoms. The van der Waals surface area contributed by atoms with E-state index in [1.54, 1.807) is 0 Å². The Labute approximate surface area is 73.8 Å². The van der Waals surface area contributed by atoms with E-state index in [2.05, 4.69) is 13.0 Å². The summed E-state index contributed by atoms with van der Waals surface area (Å²) in [5, 5.41) is 0. The molecule has 0 saturated heterocycles. The molecule has 1 fully saturated rings. The molecular formula is C11H16O. The fraction of sp³-hybridized carbons (Fsp3) is 0.727. The van der Waals surface area contributed by atoms with Gasteiger partial charge in [0.05, 0.1) is 0 Å². The summed E-state index contributed by atoms with van der Waals surface area (Å²) in [5.74, 6) is 1.52. The van der Waals surface area contributed by atoms with E-state index in [1.807, 2.05) is 0 Å². The first kappa shape index (κ1) is 8.03. The molecule has 1 nitrogen and oxygen atoms in total. The average molecular weight is 164 g/mol. The van der Waals surface area contributed by atoms with Gasteiger partial charge in [-0.3, -0.25) is 4.79 Å². The van der Waals surface area contributed by atoms with Crippen LogP contribution in [0.2, 0.25) is 0 Å². The molecule has 1 saturated carbocycles. The first-order valence-electron chi connectivity index (χ1n) is 5.06. The summed E-state index contributed by atoms with van der Waals surface area (Å²) in [6, 6.07) is 0. The fourth-order valence-electron chi connectivity index (χ4n) is 2.41. The van der Waals surface area contributed by atoms with E-state index in [0.29, 0.717) is 17.6 Å². The van der Waals surface area contributed by atoms with Gasteiger partial charge in [0.1, 0.15) is 5.78 Å². The highest BCUT2D eigenvalue weighted by Gasteiger charge is 2.41. The number of carbonyl (C=O) groups excluding carboxylic acids is 1. The number of hydrogen-bond donors (Lipinski definition) is 0. The molecule has 0 aliphatic heterocycles. The number of fused-ring (bicyclic) bond motifs is 1. The van der Waals surface area contributed by atoms with Crippen LogP contribution in [0.1, 0.15) is 39.0 Å². The summed E-state index contributed by atoms with van der Waals surface area (Å²) in [7, 11) is 0. The van der Waals surface area contributed by atoms with Crippen LogP contribution in [0.15, 0.2) is 11.6 Å². The molecule has 0 aromatic carbocycles. The maximum atomic E-state index is 11.4. The van der Waals surface area contributed by atoms with E-state index in [9.17, 15) is 4.79 Å². The number of unbranched alkanes of at least 4 members (excludes halogenated alkanes) is 1. The molecule has 12 heavy (non-hydrogen) atoms. The number of Topliss-reactive ketones (excluding diaryl/α,β-unsaturated/α-hetero) is 1. The molecule has 0 heterocycles. The van der Waals surface area contributed by atoms with Crippen molar-refractivity contribution in [1.82, 2.24) is 0 Å². The Morgan fingerprint density at radius 1 is 1.58 bits per heavy atom. The molecular weight excluding hydrogens is 148 g/mol. The molecule has 0 radical (unpaired) electrons. The number of allylic oxidation sites excluding steroid dienone is 2. The Morgan fingerprint density at radius 2 is 2.42 bits per heavy atom. The van der Waals surface area contributed by atoms with Gasteiger partial charge in [-0.1, -0.05) is 25.0 Å². The quantitative estimate of drug-likeness (QED) is 0.586. The molecule has 0 aromatic heterocycles. The predicted molar refractivity (Wildman–Crippen MR) is 48.8 cm³/mol. The molecule has 0 aromatic rings. The topological polar surface area (TPSA) is 17.1 Å². The zero-order valence-electron chi connectivity index (χ0n) is 7.68. The van der Waals surface area contributed by atoms with Gasteiger partial charge in [0, 0.05) is 12.3 Å². The van der Waals surface area contributed by atoms with Crippen molar-refractivity contribution in [2.24, 2.45) is 11.8 Å². The van der Waals surface area contributed by atoms with Crippen molar-refractivity contribution < 1.29 is 4.79 Å². The normalized spacial score (nSPS) is 32.8. The molecule has 2 rings (SSSR count). The summed E-state index contributed by atoms with van der Waals surface area (Å²) < 4.78 is 0. The van der Waals surface area contributed by atoms with Gasteiger partial charge in [0.25, 0.3) is 0 Å². The van der Waals surface area contributed by atoms with Crippen molar-refractivity contribution in [3.05, 3.63) is 11.6 Å². The lowest BCUT2D eigenvalue weighted by molar-refractivity contribution is -0.120. The van der Waals surface area contributed by atoms with Gasteiger partial charge in [-0.25, -0.2) is 0 Å². The molecule has 2 aliphatic carbocycles. The minimum absolute atomic E-state index is 0.372. The number of ketones is 1. The van der Waals surface area contributed by atoms with Crippen LogP contribution in [0.5, 0.6) is 0 Å². The number of rotatable bonds is 3. The van der Waals surface area contributed by atoms with Crippen LogP contribution in [0.3, 0.4) is 0 Å². The van der Waals surface area contributed by atoms with Crippen LogP contribution >= 0.6 is 0 Å². The Balaban J connectivity index is 1.94. The summed E-state index contributed by atoms with van der Waals surface area (Å²) in [6.07, 6.45) is 7.96. The second-order valence-corrected chi connectivity index (χ2v) is 3.99. The lowest BCUT2D eigenvalue weighted by Crippen LogP contribution is -2.24. The standard InChI is InChI=1S/C11H16O/c1-2-3-4-8-7-9-5-6-10(12)11(8)9/h7,9,11H,2-6H2,1H3/t9-,11+/m0/s1. The summed E-state index contributed by atoms with van der Waals surface area (Å²) in [6.45, 7) is 2.20. The van der Waals surface area contributed by atoms with Crippen molar-refractivity contribution in [2.45, 2.75) is 39.0 Å². The van der Waals surface area contributed by atoms with Crippen LogP contribution < -0.4 is 0 Å². The van der Waals surface area contributed by atoms with Gasteiger partial charge >= 0.3 is 0 Å². The zero-order chi connectivity index (χ0) is 8.55. The van der Waals surface area contributed by atoms with E-state index < -0.39 is 0 Å². The van der Waals surface area contributed by atoms with Gasteiger partial charge in [0.2, 0.25) is 0 Å². The minimum Gasteiger partial charge on any atom is -0.299 e. The minimum atomic E-state index is 0.372. The van der Waals surface area contributed by atoms with Crippen molar-refractivity contribution in [1.29, 1.82) is 0 Å². The SMILES string of the molecule is CCCCC1=C[C@@H]2CCC(=O)[C@H]12. The maximum Gasteiger partial charge on any atom is 0.140 e. The van der Waals surface area contributed by atoms with Crippen LogP contribution in [0, 0.1) is 11.8 Å². The van der Waals surface area contributed by atoms with Crippen molar-refractivity contribution in [3.63, 3.8) is 0 Å². The third-order valence-electron chi connectivity index (χ3n) is 3.15. The van der Waals surface area contributed by atoms with Gasteiger partial charge in [0.15, 0.2) is 0 Å². The third kappa shape index (κ3) is 1.12. The fourth-order valence-corrected chi connectivity index (χ4v) is 2.41. The Kier molecular flexibility index (Phi) is 2.03. The lowest BCUT2D eigenvalue weighted by Gasteiger charge is -2.29. The summed E-state index contributed by atoms with van der Waals surface area (Å²) in [4.78, 5) is 11.4. The van der Waals surface area contributed by atoms with E-state index in [-0.39, 0.29) is 0 Å². The lowest BCUT2D eigenvalue weighted by atomic mass is 9.75. The Morgan fingerprint density at radius 3 is 3.08 bits per heavy atom. The molecule has 2 aliphatic rings. The van der Waals surface area contributed by atoms with Crippen molar-refractivity contribution in [3.8, 4) is 0 Å². The second kappa shape index (κ2) is 3.04. The van der Waals surface area contributed by atoms with E-state index >= 15 is 0 Å². The van der Waals surface area contributed by atoms with E-state index in [1.165, 1.54) is 24.8 Å². The number of hydrogen-bond acceptors (Lipinski definition) is 1. The van der Waals surface area contributed by atoms with Gasteiger partial charge in [-0.15, -0.1) is 0 Å². The molecule has 2 atom stereocenters.